The van der Waals surface area contributed by atoms with Crippen molar-refractivity contribution >= 4 is 17.4 Å². The summed E-state index contributed by atoms with van der Waals surface area (Å²) in [5.41, 5.74) is 2.47. The Bertz CT molecular complexity index is 532. The Hall–Kier alpha value is -0.910. The van der Waals surface area contributed by atoms with Crippen molar-refractivity contribution in [2.75, 3.05) is 0 Å². The van der Waals surface area contributed by atoms with Gasteiger partial charge in [0, 0.05) is 0 Å². The maximum Gasteiger partial charge on any atom is 1.00 e. The summed E-state index contributed by atoms with van der Waals surface area (Å²) < 4.78 is 24.2. The molecule has 2 rings (SSSR count). The second kappa shape index (κ2) is 10.8. The van der Waals surface area contributed by atoms with Gasteiger partial charge in [0.15, 0.2) is 0 Å². The Morgan fingerprint density at radius 3 is 2.15 bits per heavy atom. The molecule has 0 aliphatic carbocycles. The zero-order valence-corrected chi connectivity index (χ0v) is 14.4. The van der Waals surface area contributed by atoms with Gasteiger partial charge in [-0.05, 0) is 24.6 Å². The molecule has 1 atom stereocenters. The van der Waals surface area contributed by atoms with E-state index in [1.165, 1.54) is 11.1 Å². The Kier molecular flexibility index (Phi) is 10.3. The fourth-order valence-corrected chi connectivity index (χ4v) is 1.53. The predicted molar refractivity (Wildman–Crippen MR) is 78.4 cm³/mol. The van der Waals surface area contributed by atoms with E-state index in [0.717, 1.165) is 0 Å². The van der Waals surface area contributed by atoms with Crippen LogP contribution in [-0.4, -0.2) is 8.76 Å². The molecule has 20 heavy (non-hydrogen) atoms. The molecule has 0 bridgehead atoms. The van der Waals surface area contributed by atoms with Gasteiger partial charge >= 0.3 is 29.6 Å². The Morgan fingerprint density at radius 2 is 1.70 bits per heavy atom. The van der Waals surface area contributed by atoms with Crippen LogP contribution in [0.4, 0.5) is 0 Å². The van der Waals surface area contributed by atoms with Crippen molar-refractivity contribution in [1.29, 1.82) is 0 Å². The standard InChI is InChI=1S/C9H10.C6H6O3S.Na.H/c1-3-9-6-4-8(2)5-7-9;7-10(8)9-6-4-2-1-3-5-6;;/h3-7H,1H2,2H3;1-5H,(H,7,8);;/q;;+1;-1/p-1. The average molecular weight is 299 g/mol. The van der Waals surface area contributed by atoms with Crippen LogP contribution in [0.5, 0.6) is 5.75 Å². The van der Waals surface area contributed by atoms with E-state index < -0.39 is 11.4 Å². The largest absolute Gasteiger partial charge is 1.00 e. The molecule has 0 aliphatic heterocycles. The van der Waals surface area contributed by atoms with Crippen molar-refractivity contribution in [1.82, 2.24) is 0 Å². The molecule has 0 fully saturated rings. The molecule has 0 radical (unpaired) electrons. The van der Waals surface area contributed by atoms with Gasteiger partial charge in [0.05, 0.1) is 0 Å². The van der Waals surface area contributed by atoms with E-state index in [-0.39, 0.29) is 31.0 Å². The van der Waals surface area contributed by atoms with E-state index in [1.54, 1.807) is 30.3 Å². The monoisotopic (exact) mass is 299 g/mol. The topological polar surface area (TPSA) is 49.4 Å². The van der Waals surface area contributed by atoms with E-state index >= 15 is 0 Å². The van der Waals surface area contributed by atoms with Crippen molar-refractivity contribution in [2.45, 2.75) is 6.92 Å². The number of benzene rings is 2. The molecule has 0 saturated carbocycles. The number of rotatable bonds is 3. The van der Waals surface area contributed by atoms with E-state index in [4.69, 9.17) is 0 Å². The molecule has 0 spiro atoms. The van der Waals surface area contributed by atoms with E-state index in [2.05, 4.69) is 42.0 Å². The first-order chi connectivity index (χ1) is 9.11. The van der Waals surface area contributed by atoms with Crippen LogP contribution in [-0.2, 0) is 11.4 Å². The summed E-state index contributed by atoms with van der Waals surface area (Å²) >= 11 is -2.47. The molecule has 3 nitrogen and oxygen atoms in total. The van der Waals surface area contributed by atoms with Crippen molar-refractivity contribution in [3.63, 3.8) is 0 Å². The number of para-hydroxylation sites is 1. The summed E-state index contributed by atoms with van der Waals surface area (Å²) in [5, 5.41) is 0. The Morgan fingerprint density at radius 1 is 1.15 bits per heavy atom. The summed E-state index contributed by atoms with van der Waals surface area (Å²) in [4.78, 5) is 0. The van der Waals surface area contributed by atoms with Gasteiger partial charge in [-0.15, -0.1) is 0 Å². The minimum absolute atomic E-state index is 0. The first-order valence-electron chi connectivity index (χ1n) is 5.63. The van der Waals surface area contributed by atoms with Gasteiger partial charge in [-0.25, -0.2) is 4.21 Å². The third-order valence-corrected chi connectivity index (χ3v) is 2.55. The minimum atomic E-state index is -2.47. The van der Waals surface area contributed by atoms with Gasteiger partial charge < -0.3 is 10.2 Å². The normalized spacial score (nSPS) is 10.3. The molecule has 5 heteroatoms. The molecular formula is C15H16NaO3S-. The average Bonchev–Trinajstić information content (AvgIpc) is 2.41. The van der Waals surface area contributed by atoms with Crippen LogP contribution in [0.1, 0.15) is 12.6 Å². The van der Waals surface area contributed by atoms with Gasteiger partial charge in [-0.2, -0.15) is 0 Å². The van der Waals surface area contributed by atoms with Gasteiger partial charge in [-0.1, -0.05) is 60.7 Å². The summed E-state index contributed by atoms with van der Waals surface area (Å²) in [5.74, 6) is 0.329. The first kappa shape index (κ1) is 19.1. The van der Waals surface area contributed by atoms with Gasteiger partial charge in [0.1, 0.15) is 17.1 Å². The molecule has 0 saturated heterocycles. The number of hydrogen-bond acceptors (Lipinski definition) is 3. The van der Waals surface area contributed by atoms with Crippen LogP contribution in [0.15, 0.2) is 61.2 Å². The quantitative estimate of drug-likeness (QED) is 0.616. The van der Waals surface area contributed by atoms with Crippen LogP contribution in [0.2, 0.25) is 0 Å². The van der Waals surface area contributed by atoms with Crippen LogP contribution in [0, 0.1) is 6.92 Å². The van der Waals surface area contributed by atoms with Crippen molar-refractivity contribution in [3.05, 3.63) is 72.3 Å². The van der Waals surface area contributed by atoms with Crippen LogP contribution < -0.4 is 33.7 Å². The molecular weight excluding hydrogens is 283 g/mol. The summed E-state index contributed by atoms with van der Waals surface area (Å²) in [7, 11) is 0. The SMILES string of the molecule is C=Cc1ccc(C)cc1.O=S([O-])Oc1ccccc1.[H-].[Na+]. The van der Waals surface area contributed by atoms with Crippen LogP contribution in [0.3, 0.4) is 0 Å². The minimum Gasteiger partial charge on any atom is -1.00 e. The van der Waals surface area contributed by atoms with Gasteiger partial charge in [0.25, 0.3) is 0 Å². The third-order valence-electron chi connectivity index (χ3n) is 2.22. The summed E-state index contributed by atoms with van der Waals surface area (Å²) in [6, 6.07) is 16.6. The van der Waals surface area contributed by atoms with Crippen molar-refractivity contribution in [2.24, 2.45) is 0 Å². The molecule has 0 N–H and O–H groups in total. The van der Waals surface area contributed by atoms with Crippen LogP contribution >= 0.6 is 0 Å². The Labute approximate surface area is 145 Å². The molecule has 2 aromatic rings. The Balaban J connectivity index is 0. The molecule has 2 aromatic carbocycles. The zero-order chi connectivity index (χ0) is 14.1. The van der Waals surface area contributed by atoms with E-state index in [9.17, 15) is 8.76 Å². The predicted octanol–water partition coefficient (Wildman–Crippen LogP) is 0.614. The fraction of sp³-hybridized carbons (Fsp3) is 0.0667. The van der Waals surface area contributed by atoms with E-state index in [1.807, 2.05) is 6.08 Å². The number of aryl methyl sites for hydroxylation is 1. The molecule has 0 aromatic heterocycles. The number of hydrogen-bond donors (Lipinski definition) is 0. The maximum atomic E-state index is 9.95. The molecule has 1 unspecified atom stereocenters. The first-order valence-corrected chi connectivity index (χ1v) is 6.63. The van der Waals surface area contributed by atoms with Gasteiger partial charge in [-0.3, -0.25) is 0 Å². The maximum absolute atomic E-state index is 9.95. The third kappa shape index (κ3) is 8.30. The van der Waals surface area contributed by atoms with Crippen LogP contribution in [0.25, 0.3) is 6.08 Å². The molecule has 0 heterocycles. The molecule has 0 aliphatic rings. The zero-order valence-electron chi connectivity index (χ0n) is 12.6. The van der Waals surface area contributed by atoms with Gasteiger partial charge in [0.2, 0.25) is 0 Å². The summed E-state index contributed by atoms with van der Waals surface area (Å²) in [6.45, 7) is 5.74. The second-order valence-electron chi connectivity index (χ2n) is 3.72. The smallest absolute Gasteiger partial charge is 1.00 e. The van der Waals surface area contributed by atoms with Crippen molar-refractivity contribution < 1.29 is 43.9 Å². The summed E-state index contributed by atoms with van der Waals surface area (Å²) in [6.07, 6.45) is 1.85. The van der Waals surface area contributed by atoms with Crippen molar-refractivity contribution in [3.8, 4) is 5.75 Å². The molecule has 0 amide bonds. The molecule has 102 valence electrons. The fourth-order valence-electron chi connectivity index (χ4n) is 1.26. The van der Waals surface area contributed by atoms with E-state index in [0.29, 0.717) is 5.75 Å². The second-order valence-corrected chi connectivity index (χ2v) is 4.29.